The number of hydrogen-bond acceptors (Lipinski definition) is 4. The summed E-state index contributed by atoms with van der Waals surface area (Å²) in [5.41, 5.74) is 2.70. The number of nitrogens with one attached hydrogen (secondary N) is 2. The summed E-state index contributed by atoms with van der Waals surface area (Å²) in [6.07, 6.45) is 4.33. The zero-order valence-electron chi connectivity index (χ0n) is 15.1. The average Bonchev–Trinajstić information content (AvgIpc) is 2.89. The van der Waals surface area contributed by atoms with Gasteiger partial charge in [-0.15, -0.1) is 0 Å². The van der Waals surface area contributed by atoms with Crippen molar-refractivity contribution in [2.45, 2.75) is 57.3 Å². The second kappa shape index (κ2) is 8.84. The minimum Gasteiger partial charge on any atom is -0.481 e. The van der Waals surface area contributed by atoms with Crippen LogP contribution in [0, 0.1) is 13.8 Å². The number of aryl methyl sites for hydroxylation is 3. The summed E-state index contributed by atoms with van der Waals surface area (Å²) in [7, 11) is -3.67. The number of aromatic nitrogens is 2. The number of aromatic amines is 1. The molecule has 0 saturated heterocycles. The number of unbranched alkanes of at least 4 members (excludes halogenated alkanes) is 3. The first-order valence-electron chi connectivity index (χ1n) is 8.65. The van der Waals surface area contributed by atoms with Crippen LogP contribution in [0.15, 0.2) is 29.2 Å². The van der Waals surface area contributed by atoms with Crippen molar-refractivity contribution < 1.29 is 18.3 Å². The fraction of sp³-hybridized carbons (Fsp3) is 0.444. The van der Waals surface area contributed by atoms with Crippen molar-refractivity contribution in [3.8, 4) is 0 Å². The first-order valence-corrected chi connectivity index (χ1v) is 10.1. The third kappa shape index (κ3) is 5.59. The Balaban J connectivity index is 1.96. The van der Waals surface area contributed by atoms with E-state index < -0.39 is 16.0 Å². The lowest BCUT2D eigenvalue weighted by atomic mass is 10.1. The highest BCUT2D eigenvalue weighted by Crippen LogP contribution is 2.22. The number of nitrogens with zero attached hydrogens (tertiary/aromatic N) is 1. The van der Waals surface area contributed by atoms with Crippen LogP contribution < -0.4 is 4.72 Å². The SMILES string of the molecule is Cc1n[nH]c(C)c1NS(=O)(=O)c1cccc(CCCCCCC(=O)O)c1. The molecule has 8 heteroatoms. The average molecular weight is 379 g/mol. The third-order valence-electron chi connectivity index (χ3n) is 4.18. The lowest BCUT2D eigenvalue weighted by Gasteiger charge is -2.10. The molecule has 0 unspecified atom stereocenters. The molecule has 0 amide bonds. The molecular weight excluding hydrogens is 354 g/mol. The predicted molar refractivity (Wildman–Crippen MR) is 99.7 cm³/mol. The molecule has 3 N–H and O–H groups in total. The Morgan fingerprint density at radius 3 is 2.58 bits per heavy atom. The van der Waals surface area contributed by atoms with Crippen LogP contribution in [0.4, 0.5) is 5.69 Å². The zero-order chi connectivity index (χ0) is 19.2. The molecule has 2 aromatic rings. The van der Waals surface area contributed by atoms with Crippen LogP contribution >= 0.6 is 0 Å². The summed E-state index contributed by atoms with van der Waals surface area (Å²) in [4.78, 5) is 10.7. The monoisotopic (exact) mass is 379 g/mol. The first kappa shape index (κ1) is 20.0. The van der Waals surface area contributed by atoms with Crippen LogP contribution in [-0.2, 0) is 21.2 Å². The van der Waals surface area contributed by atoms with Gasteiger partial charge in [0.25, 0.3) is 10.0 Å². The van der Waals surface area contributed by atoms with E-state index in [0.717, 1.165) is 31.2 Å². The molecule has 0 aliphatic heterocycles. The molecule has 0 aliphatic rings. The van der Waals surface area contributed by atoms with Crippen molar-refractivity contribution in [2.24, 2.45) is 0 Å². The molecule has 0 aliphatic carbocycles. The van der Waals surface area contributed by atoms with E-state index in [0.29, 0.717) is 23.5 Å². The standard InChI is InChI=1S/C18H25N3O4S/c1-13-18(14(2)20-19-13)21-26(24,25)16-10-7-9-15(12-16)8-5-3-4-6-11-17(22)23/h7,9-10,12,21H,3-6,8,11H2,1-2H3,(H,19,20)(H,22,23). The maximum absolute atomic E-state index is 12.6. The smallest absolute Gasteiger partial charge is 0.303 e. The van der Waals surface area contributed by atoms with Crippen LogP contribution in [0.1, 0.15) is 49.1 Å². The molecule has 0 saturated carbocycles. The molecule has 0 spiro atoms. The van der Waals surface area contributed by atoms with Crippen LogP contribution in [-0.4, -0.2) is 29.7 Å². The largest absolute Gasteiger partial charge is 0.481 e. The van der Waals surface area contributed by atoms with Gasteiger partial charge in [0.1, 0.15) is 0 Å². The van der Waals surface area contributed by atoms with E-state index >= 15 is 0 Å². The molecule has 7 nitrogen and oxygen atoms in total. The Morgan fingerprint density at radius 2 is 1.92 bits per heavy atom. The Hall–Kier alpha value is -2.35. The van der Waals surface area contributed by atoms with Crippen molar-refractivity contribution >= 4 is 21.7 Å². The molecular formula is C18H25N3O4S. The van der Waals surface area contributed by atoms with E-state index in [1.54, 1.807) is 32.0 Å². The zero-order valence-corrected chi connectivity index (χ0v) is 15.9. The van der Waals surface area contributed by atoms with Gasteiger partial charge in [0.15, 0.2) is 0 Å². The van der Waals surface area contributed by atoms with E-state index in [1.165, 1.54) is 0 Å². The molecule has 0 radical (unpaired) electrons. The Kier molecular flexibility index (Phi) is 6.79. The second-order valence-corrected chi connectivity index (χ2v) is 8.05. The van der Waals surface area contributed by atoms with Crippen molar-refractivity contribution in [1.29, 1.82) is 0 Å². The highest BCUT2D eigenvalue weighted by molar-refractivity contribution is 7.92. The molecule has 2 rings (SSSR count). The fourth-order valence-corrected chi connectivity index (χ4v) is 3.97. The maximum atomic E-state index is 12.6. The minimum atomic E-state index is -3.67. The third-order valence-corrected chi connectivity index (χ3v) is 5.53. The van der Waals surface area contributed by atoms with Gasteiger partial charge in [-0.2, -0.15) is 5.10 Å². The number of sulfonamides is 1. The number of hydrogen-bond donors (Lipinski definition) is 3. The summed E-state index contributed by atoms with van der Waals surface area (Å²) in [5, 5.41) is 15.4. The van der Waals surface area contributed by atoms with Crippen molar-refractivity contribution in [1.82, 2.24) is 10.2 Å². The van der Waals surface area contributed by atoms with Crippen LogP contribution in [0.3, 0.4) is 0 Å². The van der Waals surface area contributed by atoms with Gasteiger partial charge >= 0.3 is 5.97 Å². The lowest BCUT2D eigenvalue weighted by molar-refractivity contribution is -0.137. The number of aliphatic carboxylic acids is 1. The van der Waals surface area contributed by atoms with Gasteiger partial charge in [-0.05, 0) is 50.8 Å². The molecule has 26 heavy (non-hydrogen) atoms. The van der Waals surface area contributed by atoms with E-state index in [9.17, 15) is 13.2 Å². The van der Waals surface area contributed by atoms with Gasteiger partial charge in [-0.3, -0.25) is 14.6 Å². The van der Waals surface area contributed by atoms with Gasteiger partial charge < -0.3 is 5.11 Å². The summed E-state index contributed by atoms with van der Waals surface area (Å²) >= 11 is 0. The summed E-state index contributed by atoms with van der Waals surface area (Å²) in [6.45, 7) is 3.50. The van der Waals surface area contributed by atoms with E-state index in [2.05, 4.69) is 14.9 Å². The van der Waals surface area contributed by atoms with Crippen LogP contribution in [0.5, 0.6) is 0 Å². The lowest BCUT2D eigenvalue weighted by Crippen LogP contribution is -2.14. The number of benzene rings is 1. The number of H-pyrrole nitrogens is 1. The first-order chi connectivity index (χ1) is 12.3. The van der Waals surface area contributed by atoms with Crippen LogP contribution in [0.25, 0.3) is 0 Å². The van der Waals surface area contributed by atoms with Crippen molar-refractivity contribution in [2.75, 3.05) is 4.72 Å². The number of carbonyl (C=O) groups is 1. The minimum absolute atomic E-state index is 0.201. The highest BCUT2D eigenvalue weighted by Gasteiger charge is 2.18. The molecule has 0 atom stereocenters. The van der Waals surface area contributed by atoms with E-state index in [1.807, 2.05) is 6.07 Å². The number of carboxylic acids is 1. The van der Waals surface area contributed by atoms with E-state index in [4.69, 9.17) is 5.11 Å². The Labute approximate surface area is 153 Å². The Morgan fingerprint density at radius 1 is 1.19 bits per heavy atom. The number of carboxylic acid groups (broad SMARTS) is 1. The fourth-order valence-electron chi connectivity index (χ4n) is 2.72. The Bertz CT molecular complexity index is 840. The second-order valence-electron chi connectivity index (χ2n) is 6.37. The van der Waals surface area contributed by atoms with Gasteiger partial charge in [0.05, 0.1) is 22.0 Å². The maximum Gasteiger partial charge on any atom is 0.303 e. The molecule has 1 heterocycles. The van der Waals surface area contributed by atoms with Gasteiger partial charge in [-0.25, -0.2) is 8.42 Å². The number of anilines is 1. The van der Waals surface area contributed by atoms with Gasteiger partial charge in [0.2, 0.25) is 0 Å². The van der Waals surface area contributed by atoms with E-state index in [-0.39, 0.29) is 11.3 Å². The quantitative estimate of drug-likeness (QED) is 0.548. The van der Waals surface area contributed by atoms with Gasteiger partial charge in [-0.1, -0.05) is 25.0 Å². The summed E-state index contributed by atoms with van der Waals surface area (Å²) in [6, 6.07) is 6.90. The van der Waals surface area contributed by atoms with Crippen LogP contribution in [0.2, 0.25) is 0 Å². The summed E-state index contributed by atoms with van der Waals surface area (Å²) in [5.74, 6) is -0.765. The summed E-state index contributed by atoms with van der Waals surface area (Å²) < 4.78 is 27.8. The molecule has 0 fully saturated rings. The topological polar surface area (TPSA) is 112 Å². The molecule has 0 bridgehead atoms. The van der Waals surface area contributed by atoms with Gasteiger partial charge in [0, 0.05) is 6.42 Å². The van der Waals surface area contributed by atoms with Crippen molar-refractivity contribution in [3.05, 3.63) is 41.2 Å². The predicted octanol–water partition coefficient (Wildman–Crippen LogP) is 3.40. The molecule has 1 aromatic carbocycles. The highest BCUT2D eigenvalue weighted by atomic mass is 32.2. The number of rotatable bonds is 10. The molecule has 142 valence electrons. The normalized spacial score (nSPS) is 11.5. The van der Waals surface area contributed by atoms with Crippen molar-refractivity contribution in [3.63, 3.8) is 0 Å². The molecule has 1 aromatic heterocycles.